The lowest BCUT2D eigenvalue weighted by atomic mass is 9.99. The molecule has 0 saturated heterocycles. The highest BCUT2D eigenvalue weighted by atomic mass is 32.2. The van der Waals surface area contributed by atoms with Gasteiger partial charge in [-0.05, 0) is 41.5 Å². The molecule has 0 bridgehead atoms. The fraction of sp³-hybridized carbons (Fsp3) is 0.364. The number of rotatable bonds is 8. The van der Waals surface area contributed by atoms with Crippen molar-refractivity contribution >= 4 is 22.8 Å². The Hall–Kier alpha value is -2.18. The van der Waals surface area contributed by atoms with Gasteiger partial charge >= 0.3 is 0 Å². The van der Waals surface area contributed by atoms with E-state index >= 15 is 0 Å². The van der Waals surface area contributed by atoms with Crippen LogP contribution in [0.25, 0.3) is 11.0 Å². The van der Waals surface area contributed by atoms with E-state index in [1.165, 1.54) is 6.08 Å². The quantitative estimate of drug-likeness (QED) is 0.538. The van der Waals surface area contributed by atoms with Gasteiger partial charge in [-0.1, -0.05) is 26.8 Å². The van der Waals surface area contributed by atoms with E-state index in [0.717, 1.165) is 45.1 Å². The van der Waals surface area contributed by atoms with E-state index in [1.54, 1.807) is 18.0 Å². The number of thioether (sulfide) groups is 1. The second kappa shape index (κ2) is 9.34. The lowest BCUT2D eigenvalue weighted by Gasteiger charge is -2.15. The van der Waals surface area contributed by atoms with Crippen molar-refractivity contribution in [3.8, 4) is 0 Å². The molecule has 0 atom stereocenters. The Kier molecular flexibility index (Phi) is 6.86. The van der Waals surface area contributed by atoms with E-state index in [0.29, 0.717) is 0 Å². The highest BCUT2D eigenvalue weighted by Crippen LogP contribution is 2.32. The van der Waals surface area contributed by atoms with Gasteiger partial charge in [0, 0.05) is 36.6 Å². The number of nitrogens with two attached hydrogens (primary N) is 1. The standard InChI is InChI=1S/C22H27FN4S/c1-4-28-20-8-7-16(13-26-20)12-18-21-19(6-5-11-25-21)27(22(18)15(2)3)14-17(23)9-10-24/h5-9,11,13,15H,4,10,12,14,24H2,1-3H3/b17-9-. The molecular formula is C22H27FN4S. The van der Waals surface area contributed by atoms with Gasteiger partial charge in [0.2, 0.25) is 0 Å². The maximum atomic E-state index is 14.3. The number of nitrogens with zero attached hydrogens (tertiary/aromatic N) is 3. The number of hydrogen-bond donors (Lipinski definition) is 1. The molecule has 0 saturated carbocycles. The van der Waals surface area contributed by atoms with Crippen molar-refractivity contribution < 1.29 is 4.39 Å². The zero-order valence-electron chi connectivity index (χ0n) is 16.7. The maximum Gasteiger partial charge on any atom is 0.117 e. The summed E-state index contributed by atoms with van der Waals surface area (Å²) in [5.41, 5.74) is 10.8. The fourth-order valence-electron chi connectivity index (χ4n) is 3.56. The molecule has 0 unspecified atom stereocenters. The molecule has 0 aliphatic rings. The first kappa shape index (κ1) is 20.6. The van der Waals surface area contributed by atoms with Crippen LogP contribution in [-0.4, -0.2) is 26.8 Å². The second-order valence-corrected chi connectivity index (χ2v) is 8.26. The molecule has 3 heterocycles. The number of allylic oxidation sites excluding steroid dienone is 1. The molecule has 4 nitrogen and oxygen atoms in total. The molecule has 3 aromatic heterocycles. The molecule has 0 fully saturated rings. The van der Waals surface area contributed by atoms with Crippen molar-refractivity contribution in [2.45, 2.75) is 44.7 Å². The summed E-state index contributed by atoms with van der Waals surface area (Å²) >= 11 is 1.73. The Balaban J connectivity index is 2.08. The summed E-state index contributed by atoms with van der Waals surface area (Å²) < 4.78 is 16.4. The number of hydrogen-bond acceptors (Lipinski definition) is 4. The summed E-state index contributed by atoms with van der Waals surface area (Å²) in [5, 5.41) is 1.03. The highest BCUT2D eigenvalue weighted by molar-refractivity contribution is 7.99. The Morgan fingerprint density at radius 3 is 2.75 bits per heavy atom. The summed E-state index contributed by atoms with van der Waals surface area (Å²) in [6.07, 6.45) is 5.88. The summed E-state index contributed by atoms with van der Waals surface area (Å²) in [7, 11) is 0. The molecule has 6 heteroatoms. The van der Waals surface area contributed by atoms with Crippen LogP contribution < -0.4 is 5.73 Å². The Labute approximate surface area is 170 Å². The van der Waals surface area contributed by atoms with Crippen molar-refractivity contribution in [2.24, 2.45) is 5.73 Å². The average molecular weight is 399 g/mol. The Morgan fingerprint density at radius 1 is 1.29 bits per heavy atom. The zero-order valence-corrected chi connectivity index (χ0v) is 17.5. The molecule has 0 aliphatic carbocycles. The molecule has 0 aliphatic heterocycles. The molecule has 2 N–H and O–H groups in total. The van der Waals surface area contributed by atoms with Crippen LogP contribution in [0.3, 0.4) is 0 Å². The van der Waals surface area contributed by atoms with Gasteiger partial charge in [0.25, 0.3) is 0 Å². The third-order valence-electron chi connectivity index (χ3n) is 4.63. The Morgan fingerprint density at radius 2 is 2.11 bits per heavy atom. The van der Waals surface area contributed by atoms with Crippen molar-refractivity contribution in [2.75, 3.05) is 12.3 Å². The fourth-order valence-corrected chi connectivity index (χ4v) is 4.15. The van der Waals surface area contributed by atoms with E-state index in [4.69, 9.17) is 5.73 Å². The zero-order chi connectivity index (χ0) is 20.1. The monoisotopic (exact) mass is 398 g/mol. The molecule has 3 aromatic rings. The molecule has 0 radical (unpaired) electrons. The van der Waals surface area contributed by atoms with Crippen molar-refractivity contribution in [3.05, 3.63) is 65.4 Å². The number of halogens is 1. The van der Waals surface area contributed by atoms with Gasteiger partial charge in [-0.15, -0.1) is 11.8 Å². The van der Waals surface area contributed by atoms with Crippen LogP contribution in [0.15, 0.2) is 53.6 Å². The summed E-state index contributed by atoms with van der Waals surface area (Å²) in [4.78, 5) is 9.18. The van der Waals surface area contributed by atoms with Gasteiger partial charge in [-0.2, -0.15) is 0 Å². The van der Waals surface area contributed by atoms with Crippen LogP contribution in [-0.2, 0) is 13.0 Å². The number of pyridine rings is 2. The second-order valence-electron chi connectivity index (χ2n) is 6.98. The SMILES string of the molecule is CCSc1ccc(Cc2c(C(C)C)n(C/C(F)=C/CN)c3cccnc23)cn1. The topological polar surface area (TPSA) is 56.7 Å². The first-order valence-electron chi connectivity index (χ1n) is 9.63. The lowest BCUT2D eigenvalue weighted by Crippen LogP contribution is -2.08. The van der Waals surface area contributed by atoms with E-state index in [9.17, 15) is 4.39 Å². The predicted octanol–water partition coefficient (Wildman–Crippen LogP) is 5.07. The Bertz CT molecular complexity index is 961. The van der Waals surface area contributed by atoms with Gasteiger partial charge in [0.05, 0.1) is 22.6 Å². The summed E-state index contributed by atoms with van der Waals surface area (Å²) in [5.74, 6) is 1.01. The van der Waals surface area contributed by atoms with E-state index in [1.807, 2.05) is 22.9 Å². The van der Waals surface area contributed by atoms with Gasteiger partial charge in [0.1, 0.15) is 5.83 Å². The van der Waals surface area contributed by atoms with E-state index < -0.39 is 0 Å². The molecule has 28 heavy (non-hydrogen) atoms. The molecule has 3 rings (SSSR count). The van der Waals surface area contributed by atoms with Gasteiger partial charge < -0.3 is 10.3 Å². The van der Waals surface area contributed by atoms with Crippen LogP contribution in [0.1, 0.15) is 43.5 Å². The van der Waals surface area contributed by atoms with Crippen LogP contribution in [0, 0.1) is 0 Å². The summed E-state index contributed by atoms with van der Waals surface area (Å²) in [6.45, 7) is 6.77. The first-order valence-corrected chi connectivity index (χ1v) is 10.6. The molecular weight excluding hydrogens is 371 g/mol. The number of fused-ring (bicyclic) bond motifs is 1. The van der Waals surface area contributed by atoms with Gasteiger partial charge in [-0.25, -0.2) is 9.37 Å². The third kappa shape index (κ3) is 4.45. The van der Waals surface area contributed by atoms with E-state index in [2.05, 4.69) is 42.9 Å². The first-order chi connectivity index (χ1) is 13.5. The minimum absolute atomic E-state index is 0.178. The van der Waals surface area contributed by atoms with Crippen LogP contribution in [0.2, 0.25) is 0 Å². The summed E-state index contributed by atoms with van der Waals surface area (Å²) in [6, 6.07) is 8.09. The minimum Gasteiger partial charge on any atom is -0.336 e. The largest absolute Gasteiger partial charge is 0.336 e. The predicted molar refractivity (Wildman–Crippen MR) is 116 cm³/mol. The molecule has 0 spiro atoms. The minimum atomic E-state index is -0.223. The average Bonchev–Trinajstić information content (AvgIpc) is 2.97. The van der Waals surface area contributed by atoms with Crippen molar-refractivity contribution in [1.82, 2.24) is 14.5 Å². The molecule has 0 aromatic carbocycles. The van der Waals surface area contributed by atoms with Crippen molar-refractivity contribution in [3.63, 3.8) is 0 Å². The highest BCUT2D eigenvalue weighted by Gasteiger charge is 2.21. The van der Waals surface area contributed by atoms with Crippen LogP contribution in [0.4, 0.5) is 4.39 Å². The van der Waals surface area contributed by atoms with Crippen molar-refractivity contribution in [1.29, 1.82) is 0 Å². The lowest BCUT2D eigenvalue weighted by molar-refractivity contribution is 0.544. The van der Waals surface area contributed by atoms with E-state index in [-0.39, 0.29) is 24.8 Å². The smallest absolute Gasteiger partial charge is 0.117 e. The molecule has 0 amide bonds. The molecule has 148 valence electrons. The maximum absolute atomic E-state index is 14.3. The van der Waals surface area contributed by atoms with Gasteiger partial charge in [0.15, 0.2) is 0 Å². The number of aromatic nitrogens is 3. The third-order valence-corrected chi connectivity index (χ3v) is 5.46. The van der Waals surface area contributed by atoms with Gasteiger partial charge in [-0.3, -0.25) is 4.98 Å². The van der Waals surface area contributed by atoms with Crippen LogP contribution >= 0.6 is 11.8 Å². The van der Waals surface area contributed by atoms with Crippen LogP contribution in [0.5, 0.6) is 0 Å². The normalized spacial score (nSPS) is 12.3.